The minimum atomic E-state index is -0.163. The quantitative estimate of drug-likeness (QED) is 0.792. The molecule has 4 nitrogen and oxygen atoms in total. The van der Waals surface area contributed by atoms with Crippen molar-refractivity contribution < 1.29 is 14.3 Å². The van der Waals surface area contributed by atoms with Gasteiger partial charge < -0.3 is 14.4 Å². The van der Waals surface area contributed by atoms with Crippen molar-refractivity contribution >= 4 is 35.4 Å². The molecule has 0 saturated carbocycles. The summed E-state index contributed by atoms with van der Waals surface area (Å²) in [6.07, 6.45) is 2.72. The molecular formula is C16H17Cl2NO3. The normalized spacial score (nSPS) is 27.7. The van der Waals surface area contributed by atoms with Crippen LogP contribution in [0.1, 0.15) is 30.7 Å². The smallest absolute Gasteiger partial charge is 0.223 e. The van der Waals surface area contributed by atoms with Gasteiger partial charge >= 0.3 is 0 Å². The Morgan fingerprint density at radius 2 is 2.09 bits per heavy atom. The van der Waals surface area contributed by atoms with Crippen LogP contribution in [0.4, 0.5) is 0 Å². The third-order valence-electron chi connectivity index (χ3n) is 4.66. The van der Waals surface area contributed by atoms with Crippen molar-refractivity contribution in [3.05, 3.63) is 27.7 Å². The number of aldehydes is 1. The molecule has 2 fully saturated rings. The van der Waals surface area contributed by atoms with E-state index in [0.717, 1.165) is 24.7 Å². The molecule has 1 unspecified atom stereocenters. The van der Waals surface area contributed by atoms with Gasteiger partial charge in [-0.05, 0) is 25.0 Å². The maximum absolute atomic E-state index is 12.2. The van der Waals surface area contributed by atoms with E-state index in [9.17, 15) is 9.59 Å². The zero-order chi connectivity index (χ0) is 15.9. The summed E-state index contributed by atoms with van der Waals surface area (Å²) in [7, 11) is 1.60. The molecule has 1 amide bonds. The molecule has 2 heterocycles. The second-order valence-electron chi connectivity index (χ2n) is 5.95. The van der Waals surface area contributed by atoms with Crippen molar-refractivity contribution in [3.63, 3.8) is 0 Å². The number of halogens is 2. The van der Waals surface area contributed by atoms with Gasteiger partial charge in [0, 0.05) is 36.4 Å². The van der Waals surface area contributed by atoms with Crippen LogP contribution in [0.15, 0.2) is 12.1 Å². The highest BCUT2D eigenvalue weighted by atomic mass is 35.5. The van der Waals surface area contributed by atoms with Crippen LogP contribution >= 0.6 is 23.2 Å². The molecule has 3 rings (SSSR count). The Morgan fingerprint density at radius 3 is 2.77 bits per heavy atom. The Hall–Kier alpha value is -1.26. The van der Waals surface area contributed by atoms with Gasteiger partial charge in [0.1, 0.15) is 12.0 Å². The summed E-state index contributed by atoms with van der Waals surface area (Å²) in [6.45, 7) is 0.603. The lowest BCUT2D eigenvalue weighted by atomic mass is 9.89. The third kappa shape index (κ3) is 2.59. The summed E-state index contributed by atoms with van der Waals surface area (Å²) in [5.41, 5.74) is 0.863. The van der Waals surface area contributed by atoms with Gasteiger partial charge in [0.05, 0.1) is 17.2 Å². The maximum Gasteiger partial charge on any atom is 0.223 e. The first-order valence-electron chi connectivity index (χ1n) is 7.31. The number of rotatable bonds is 3. The zero-order valence-electron chi connectivity index (χ0n) is 12.2. The van der Waals surface area contributed by atoms with Crippen molar-refractivity contribution in [2.24, 2.45) is 5.92 Å². The highest BCUT2D eigenvalue weighted by molar-refractivity contribution is 6.42. The van der Waals surface area contributed by atoms with Crippen LogP contribution in [-0.2, 0) is 9.59 Å². The van der Waals surface area contributed by atoms with Crippen molar-refractivity contribution in [2.75, 3.05) is 13.7 Å². The number of fused-ring (bicyclic) bond motifs is 1. The van der Waals surface area contributed by atoms with E-state index in [1.54, 1.807) is 19.2 Å². The minimum absolute atomic E-state index is 0.0490. The van der Waals surface area contributed by atoms with Crippen LogP contribution in [0.25, 0.3) is 0 Å². The number of hydrogen-bond acceptors (Lipinski definition) is 3. The Balaban J connectivity index is 1.91. The van der Waals surface area contributed by atoms with Gasteiger partial charge in [-0.15, -0.1) is 0 Å². The van der Waals surface area contributed by atoms with E-state index in [2.05, 4.69) is 0 Å². The molecule has 22 heavy (non-hydrogen) atoms. The largest absolute Gasteiger partial charge is 0.496 e. The van der Waals surface area contributed by atoms with Gasteiger partial charge in [-0.1, -0.05) is 23.2 Å². The van der Waals surface area contributed by atoms with Gasteiger partial charge in [0.15, 0.2) is 0 Å². The number of hydrogen-bond donors (Lipinski definition) is 0. The summed E-state index contributed by atoms with van der Waals surface area (Å²) in [4.78, 5) is 25.1. The van der Waals surface area contributed by atoms with Crippen molar-refractivity contribution in [2.45, 2.75) is 31.2 Å². The molecule has 1 aromatic carbocycles. The SMILES string of the molecule is COc1ccc(Cl)c(Cl)c1[C@H]1C[C@H]2CC(C=O)CC(=O)N2C1. The van der Waals surface area contributed by atoms with E-state index in [1.807, 2.05) is 4.90 Å². The van der Waals surface area contributed by atoms with Gasteiger partial charge in [-0.3, -0.25) is 4.79 Å². The fraction of sp³-hybridized carbons (Fsp3) is 0.500. The Kier molecular flexibility index (Phi) is 4.33. The summed E-state index contributed by atoms with van der Waals surface area (Å²) < 4.78 is 5.41. The molecule has 0 aliphatic carbocycles. The molecule has 0 bridgehead atoms. The highest BCUT2D eigenvalue weighted by Crippen LogP contribution is 2.45. The molecule has 0 spiro atoms. The molecule has 2 saturated heterocycles. The summed E-state index contributed by atoms with van der Waals surface area (Å²) in [5.74, 6) is 0.663. The van der Waals surface area contributed by atoms with Gasteiger partial charge in [0.2, 0.25) is 5.91 Å². The third-order valence-corrected chi connectivity index (χ3v) is 5.48. The lowest BCUT2D eigenvalue weighted by molar-refractivity contribution is -0.138. The van der Waals surface area contributed by atoms with Crippen LogP contribution in [0, 0.1) is 5.92 Å². The van der Waals surface area contributed by atoms with Crippen LogP contribution in [-0.4, -0.2) is 36.8 Å². The summed E-state index contributed by atoms with van der Waals surface area (Å²) >= 11 is 12.5. The predicted molar refractivity (Wildman–Crippen MR) is 84.7 cm³/mol. The molecule has 118 valence electrons. The first-order valence-corrected chi connectivity index (χ1v) is 8.07. The van der Waals surface area contributed by atoms with Gasteiger partial charge in [-0.25, -0.2) is 0 Å². The molecule has 2 aliphatic rings. The lowest BCUT2D eigenvalue weighted by Crippen LogP contribution is -2.42. The van der Waals surface area contributed by atoms with E-state index in [-0.39, 0.29) is 23.8 Å². The van der Waals surface area contributed by atoms with Crippen LogP contribution in [0.3, 0.4) is 0 Å². The topological polar surface area (TPSA) is 46.6 Å². The number of methoxy groups -OCH3 is 1. The van der Waals surface area contributed by atoms with Crippen molar-refractivity contribution in [3.8, 4) is 5.75 Å². The second kappa shape index (κ2) is 6.09. The minimum Gasteiger partial charge on any atom is -0.496 e. The number of benzene rings is 1. The van der Waals surface area contributed by atoms with Gasteiger partial charge in [-0.2, -0.15) is 0 Å². The van der Waals surface area contributed by atoms with Gasteiger partial charge in [0.25, 0.3) is 0 Å². The molecule has 3 atom stereocenters. The van der Waals surface area contributed by atoms with Crippen LogP contribution < -0.4 is 4.74 Å². The number of ether oxygens (including phenoxy) is 1. The van der Waals surface area contributed by atoms with Crippen LogP contribution in [0.2, 0.25) is 10.0 Å². The van der Waals surface area contributed by atoms with Crippen LogP contribution in [0.5, 0.6) is 5.75 Å². The fourth-order valence-corrected chi connectivity index (χ4v) is 4.12. The average Bonchev–Trinajstić information content (AvgIpc) is 2.93. The molecule has 0 radical (unpaired) electrons. The molecular weight excluding hydrogens is 325 g/mol. The van der Waals surface area contributed by atoms with E-state index >= 15 is 0 Å². The average molecular weight is 342 g/mol. The van der Waals surface area contributed by atoms with Crippen molar-refractivity contribution in [1.29, 1.82) is 0 Å². The molecule has 2 aliphatic heterocycles. The maximum atomic E-state index is 12.2. The molecule has 0 N–H and O–H groups in total. The number of carbonyl (C=O) groups is 2. The predicted octanol–water partition coefficient (Wildman–Crippen LogP) is 3.30. The highest BCUT2D eigenvalue weighted by Gasteiger charge is 2.42. The van der Waals surface area contributed by atoms with E-state index in [0.29, 0.717) is 28.8 Å². The zero-order valence-corrected chi connectivity index (χ0v) is 13.7. The number of piperidine rings is 1. The van der Waals surface area contributed by atoms with E-state index in [4.69, 9.17) is 27.9 Å². The summed E-state index contributed by atoms with van der Waals surface area (Å²) in [5, 5.41) is 0.977. The van der Waals surface area contributed by atoms with E-state index < -0.39 is 0 Å². The number of amides is 1. The summed E-state index contributed by atoms with van der Waals surface area (Å²) in [6, 6.07) is 3.61. The Bertz CT molecular complexity index is 620. The Labute approximate surface area is 139 Å². The standard InChI is InChI=1S/C16H17Cl2NO3/c1-22-13-3-2-12(17)16(18)15(13)10-6-11-4-9(8-20)5-14(21)19(11)7-10/h2-3,8-11H,4-7H2,1H3/t9?,10-,11+/m0/s1. The Morgan fingerprint density at radius 1 is 1.32 bits per heavy atom. The number of nitrogens with zero attached hydrogens (tertiary/aromatic N) is 1. The monoisotopic (exact) mass is 341 g/mol. The number of carbonyl (C=O) groups excluding carboxylic acids is 2. The first-order chi connectivity index (χ1) is 10.5. The van der Waals surface area contributed by atoms with E-state index in [1.165, 1.54) is 0 Å². The first kappa shape index (κ1) is 15.6. The lowest BCUT2D eigenvalue weighted by Gasteiger charge is -2.32. The van der Waals surface area contributed by atoms with Crippen molar-refractivity contribution in [1.82, 2.24) is 4.90 Å². The molecule has 6 heteroatoms. The fourth-order valence-electron chi connectivity index (χ4n) is 3.64. The second-order valence-corrected chi connectivity index (χ2v) is 6.73. The molecule has 0 aromatic heterocycles. The molecule has 1 aromatic rings.